The third-order valence-electron chi connectivity index (χ3n) is 4.49. The Morgan fingerprint density at radius 3 is 2.41 bits per heavy atom. The zero-order valence-electron chi connectivity index (χ0n) is 14.5. The molecule has 2 aromatic carbocycles. The van der Waals surface area contributed by atoms with Gasteiger partial charge in [0.05, 0.1) is 10.7 Å². The minimum atomic E-state index is -1.22. The summed E-state index contributed by atoms with van der Waals surface area (Å²) >= 11 is 11.9. The van der Waals surface area contributed by atoms with E-state index in [1.807, 2.05) is 0 Å². The summed E-state index contributed by atoms with van der Waals surface area (Å²) < 4.78 is 0. The van der Waals surface area contributed by atoms with Gasteiger partial charge in [-0.15, -0.1) is 0 Å². The van der Waals surface area contributed by atoms with E-state index in [9.17, 15) is 14.4 Å². The molecular formula is C19H17Cl2N3O3. The van der Waals surface area contributed by atoms with Crippen molar-refractivity contribution in [3.05, 3.63) is 64.1 Å². The molecule has 6 nitrogen and oxygen atoms in total. The zero-order valence-corrected chi connectivity index (χ0v) is 16.0. The lowest BCUT2D eigenvalue weighted by atomic mass is 9.87. The number of halogens is 2. The van der Waals surface area contributed by atoms with Crippen LogP contribution in [-0.4, -0.2) is 29.3 Å². The van der Waals surface area contributed by atoms with Gasteiger partial charge < -0.3 is 10.6 Å². The van der Waals surface area contributed by atoms with Gasteiger partial charge in [-0.05, 0) is 36.2 Å². The van der Waals surface area contributed by atoms with Gasteiger partial charge in [-0.25, -0.2) is 4.79 Å². The number of carbonyl (C=O) groups is 3. The van der Waals surface area contributed by atoms with E-state index in [-0.39, 0.29) is 0 Å². The number of benzene rings is 2. The van der Waals surface area contributed by atoms with Gasteiger partial charge in [-0.1, -0.05) is 54.4 Å². The molecule has 0 saturated carbocycles. The Kier molecular flexibility index (Phi) is 5.39. The Morgan fingerprint density at radius 1 is 1.11 bits per heavy atom. The second kappa shape index (κ2) is 7.58. The van der Waals surface area contributed by atoms with Gasteiger partial charge in [0.15, 0.2) is 0 Å². The predicted octanol–water partition coefficient (Wildman–Crippen LogP) is 3.79. The van der Waals surface area contributed by atoms with Gasteiger partial charge in [0.1, 0.15) is 12.1 Å². The number of rotatable bonds is 5. The first-order chi connectivity index (χ1) is 12.9. The molecule has 1 heterocycles. The molecule has 0 aliphatic carbocycles. The number of amides is 4. The van der Waals surface area contributed by atoms with E-state index in [1.54, 1.807) is 55.5 Å². The second-order valence-electron chi connectivity index (χ2n) is 6.12. The molecule has 0 bridgehead atoms. The fraction of sp³-hybridized carbons (Fsp3) is 0.211. The van der Waals surface area contributed by atoms with E-state index >= 15 is 0 Å². The summed E-state index contributed by atoms with van der Waals surface area (Å²) in [4.78, 5) is 38.7. The molecule has 1 aliphatic heterocycles. The molecule has 1 atom stereocenters. The van der Waals surface area contributed by atoms with Gasteiger partial charge in [0.25, 0.3) is 5.91 Å². The zero-order chi connectivity index (χ0) is 19.6. The van der Waals surface area contributed by atoms with Crippen LogP contribution in [0.1, 0.15) is 18.9 Å². The summed E-state index contributed by atoms with van der Waals surface area (Å²) in [6, 6.07) is 12.8. The van der Waals surface area contributed by atoms with Crippen LogP contribution in [0.2, 0.25) is 10.0 Å². The quantitative estimate of drug-likeness (QED) is 0.742. The standard InChI is InChI=1S/C19H17Cl2N3O3/c1-2-19(12-7-9-13(20)10-8-12)17(26)24(18(27)23-19)11-16(25)22-15-6-4-3-5-14(15)21/h3-10H,2,11H2,1H3,(H,22,25)(H,23,27). The van der Waals surface area contributed by atoms with Crippen molar-refractivity contribution >= 4 is 46.7 Å². The molecule has 1 aliphatic rings. The Balaban J connectivity index is 1.80. The predicted molar refractivity (Wildman–Crippen MR) is 104 cm³/mol. The number of hydrogen-bond acceptors (Lipinski definition) is 3. The Hall–Kier alpha value is -2.57. The molecule has 2 N–H and O–H groups in total. The highest BCUT2D eigenvalue weighted by Crippen LogP contribution is 2.33. The van der Waals surface area contributed by atoms with E-state index in [0.29, 0.717) is 27.7 Å². The molecule has 1 saturated heterocycles. The first-order valence-corrected chi connectivity index (χ1v) is 9.07. The molecule has 0 radical (unpaired) electrons. The van der Waals surface area contributed by atoms with Crippen LogP contribution in [0.3, 0.4) is 0 Å². The van der Waals surface area contributed by atoms with Gasteiger partial charge >= 0.3 is 6.03 Å². The minimum absolute atomic E-state index is 0.335. The van der Waals surface area contributed by atoms with Crippen LogP contribution < -0.4 is 10.6 Å². The van der Waals surface area contributed by atoms with Gasteiger partial charge in [-0.2, -0.15) is 0 Å². The summed E-state index contributed by atoms with van der Waals surface area (Å²) in [5.41, 5.74) is -0.191. The third-order valence-corrected chi connectivity index (χ3v) is 5.07. The van der Waals surface area contributed by atoms with Crippen molar-refractivity contribution in [2.45, 2.75) is 18.9 Å². The fourth-order valence-corrected chi connectivity index (χ4v) is 3.35. The molecule has 27 heavy (non-hydrogen) atoms. The molecule has 140 valence electrons. The molecule has 2 aromatic rings. The summed E-state index contributed by atoms with van der Waals surface area (Å²) in [5.74, 6) is -0.999. The SMILES string of the molecule is CCC1(c2ccc(Cl)cc2)NC(=O)N(CC(=O)Nc2ccccc2Cl)C1=O. The average molecular weight is 406 g/mol. The van der Waals surface area contributed by atoms with Gasteiger partial charge in [0.2, 0.25) is 5.91 Å². The van der Waals surface area contributed by atoms with Crippen LogP contribution in [-0.2, 0) is 15.1 Å². The number of hydrogen-bond donors (Lipinski definition) is 2. The van der Waals surface area contributed by atoms with Crippen molar-refractivity contribution in [2.75, 3.05) is 11.9 Å². The first kappa shape index (κ1) is 19.2. The van der Waals surface area contributed by atoms with E-state index < -0.39 is 29.9 Å². The molecule has 0 aromatic heterocycles. The number of para-hydroxylation sites is 1. The van der Waals surface area contributed by atoms with Crippen molar-refractivity contribution in [3.8, 4) is 0 Å². The van der Waals surface area contributed by atoms with E-state index in [4.69, 9.17) is 23.2 Å². The highest BCUT2D eigenvalue weighted by Gasteiger charge is 2.51. The van der Waals surface area contributed by atoms with Crippen LogP contribution in [0.25, 0.3) is 0 Å². The molecule has 1 unspecified atom stereocenters. The maximum Gasteiger partial charge on any atom is 0.325 e. The van der Waals surface area contributed by atoms with E-state index in [1.165, 1.54) is 0 Å². The highest BCUT2D eigenvalue weighted by molar-refractivity contribution is 6.33. The van der Waals surface area contributed by atoms with E-state index in [2.05, 4.69) is 10.6 Å². The van der Waals surface area contributed by atoms with Crippen molar-refractivity contribution in [1.82, 2.24) is 10.2 Å². The minimum Gasteiger partial charge on any atom is -0.323 e. The number of imide groups is 1. The highest BCUT2D eigenvalue weighted by atomic mass is 35.5. The molecular weight excluding hydrogens is 389 g/mol. The van der Waals surface area contributed by atoms with Crippen molar-refractivity contribution in [1.29, 1.82) is 0 Å². The van der Waals surface area contributed by atoms with Crippen LogP contribution in [0.4, 0.5) is 10.5 Å². The first-order valence-electron chi connectivity index (χ1n) is 8.32. The van der Waals surface area contributed by atoms with Crippen molar-refractivity contribution in [2.24, 2.45) is 0 Å². The van der Waals surface area contributed by atoms with Crippen molar-refractivity contribution < 1.29 is 14.4 Å². The van der Waals surface area contributed by atoms with E-state index in [0.717, 1.165) is 4.90 Å². The average Bonchev–Trinajstić information content (AvgIpc) is 2.89. The van der Waals surface area contributed by atoms with Crippen LogP contribution in [0.5, 0.6) is 0 Å². The van der Waals surface area contributed by atoms with Crippen LogP contribution in [0, 0.1) is 0 Å². The maximum absolute atomic E-state index is 13.0. The number of nitrogens with zero attached hydrogens (tertiary/aromatic N) is 1. The summed E-state index contributed by atoms with van der Waals surface area (Å²) in [7, 11) is 0. The molecule has 3 rings (SSSR count). The Bertz CT molecular complexity index is 901. The number of carbonyl (C=O) groups excluding carboxylic acids is 3. The molecule has 1 fully saturated rings. The van der Waals surface area contributed by atoms with Crippen LogP contribution >= 0.6 is 23.2 Å². The fourth-order valence-electron chi connectivity index (χ4n) is 3.04. The lowest BCUT2D eigenvalue weighted by Crippen LogP contribution is -2.44. The monoisotopic (exact) mass is 405 g/mol. The lowest BCUT2D eigenvalue weighted by molar-refractivity contribution is -0.134. The van der Waals surface area contributed by atoms with Crippen LogP contribution in [0.15, 0.2) is 48.5 Å². The smallest absolute Gasteiger partial charge is 0.323 e. The summed E-state index contributed by atoms with van der Waals surface area (Å²) in [5, 5.41) is 6.22. The second-order valence-corrected chi connectivity index (χ2v) is 6.96. The molecule has 4 amide bonds. The molecule has 8 heteroatoms. The largest absolute Gasteiger partial charge is 0.325 e. The molecule has 0 spiro atoms. The summed E-state index contributed by atoms with van der Waals surface area (Å²) in [6.45, 7) is 1.38. The van der Waals surface area contributed by atoms with Gasteiger partial charge in [0, 0.05) is 5.02 Å². The number of nitrogens with one attached hydrogen (secondary N) is 2. The summed E-state index contributed by atoms with van der Waals surface area (Å²) in [6.07, 6.45) is 0.335. The maximum atomic E-state index is 13.0. The third kappa shape index (κ3) is 3.63. The normalized spacial score (nSPS) is 19.1. The lowest BCUT2D eigenvalue weighted by Gasteiger charge is -2.25. The van der Waals surface area contributed by atoms with Crippen molar-refractivity contribution in [3.63, 3.8) is 0 Å². The topological polar surface area (TPSA) is 78.5 Å². The Morgan fingerprint density at radius 2 is 1.78 bits per heavy atom. The Labute approximate surface area is 166 Å². The number of anilines is 1. The number of urea groups is 1. The van der Waals surface area contributed by atoms with Gasteiger partial charge in [-0.3, -0.25) is 14.5 Å².